The Morgan fingerprint density at radius 1 is 1.07 bits per heavy atom. The molecule has 156 valence electrons. The third-order valence-corrected chi connectivity index (χ3v) is 6.67. The summed E-state index contributed by atoms with van der Waals surface area (Å²) < 4.78 is 27.0. The minimum Gasteiger partial charge on any atom is -0.325 e. The number of rotatable bonds is 5. The maximum atomic E-state index is 12.3. The summed E-state index contributed by atoms with van der Waals surface area (Å²) in [6.45, 7) is 4.90. The average molecular weight is 445 g/mol. The summed E-state index contributed by atoms with van der Waals surface area (Å²) in [7, 11) is -2.16. The Labute approximate surface area is 180 Å². The van der Waals surface area contributed by atoms with Crippen molar-refractivity contribution in [3.63, 3.8) is 0 Å². The second-order valence-electron chi connectivity index (χ2n) is 7.60. The molecule has 0 spiro atoms. The fourth-order valence-corrected chi connectivity index (χ4v) is 4.37. The number of pyridine rings is 1. The molecule has 4 rings (SSSR count). The van der Waals surface area contributed by atoms with Gasteiger partial charge in [-0.25, -0.2) is 28.1 Å². The van der Waals surface area contributed by atoms with Gasteiger partial charge in [-0.05, 0) is 36.9 Å². The van der Waals surface area contributed by atoms with Crippen LogP contribution in [-0.2, 0) is 15.4 Å². The van der Waals surface area contributed by atoms with Crippen molar-refractivity contribution in [3.8, 4) is 0 Å². The maximum absolute atomic E-state index is 12.3. The molecule has 0 amide bonds. The number of halogens is 1. The fraction of sp³-hybridized carbons (Fsp3) is 0.250. The zero-order valence-electron chi connectivity index (χ0n) is 16.7. The molecule has 0 unspecified atom stereocenters. The molecule has 0 radical (unpaired) electrons. The van der Waals surface area contributed by atoms with E-state index in [2.05, 4.69) is 38.8 Å². The Bertz CT molecular complexity index is 1200. The predicted octanol–water partition coefficient (Wildman–Crippen LogP) is 3.61. The van der Waals surface area contributed by atoms with E-state index in [1.165, 1.54) is 13.4 Å². The SMILES string of the molecule is CNS(=O)(=O)c1ccc2c(c1)N(c1cc(Nc3ccc(Cl)cn3)ncn1)CC2(C)C. The largest absolute Gasteiger partial charge is 0.325 e. The van der Waals surface area contributed by atoms with Gasteiger partial charge in [-0.3, -0.25) is 0 Å². The zero-order chi connectivity index (χ0) is 21.5. The summed E-state index contributed by atoms with van der Waals surface area (Å²) in [5, 5.41) is 3.68. The molecule has 1 aromatic carbocycles. The highest BCUT2D eigenvalue weighted by Gasteiger charge is 2.37. The highest BCUT2D eigenvalue weighted by atomic mass is 35.5. The smallest absolute Gasteiger partial charge is 0.240 e. The van der Waals surface area contributed by atoms with Crippen LogP contribution in [0, 0.1) is 0 Å². The molecule has 30 heavy (non-hydrogen) atoms. The molecule has 2 N–H and O–H groups in total. The molecule has 8 nitrogen and oxygen atoms in total. The van der Waals surface area contributed by atoms with E-state index in [1.807, 2.05) is 11.0 Å². The normalized spacial score (nSPS) is 15.1. The van der Waals surface area contributed by atoms with Crippen LogP contribution in [0.15, 0.2) is 53.8 Å². The molecule has 1 aliphatic heterocycles. The zero-order valence-corrected chi connectivity index (χ0v) is 18.3. The number of hydrogen-bond acceptors (Lipinski definition) is 7. The van der Waals surface area contributed by atoms with Gasteiger partial charge in [0.15, 0.2) is 0 Å². The molecule has 0 bridgehead atoms. The van der Waals surface area contributed by atoms with E-state index in [-0.39, 0.29) is 10.3 Å². The first kappa shape index (κ1) is 20.5. The molecule has 0 saturated carbocycles. The number of fused-ring (bicyclic) bond motifs is 1. The number of aromatic nitrogens is 3. The second-order valence-corrected chi connectivity index (χ2v) is 9.93. The highest BCUT2D eigenvalue weighted by molar-refractivity contribution is 7.89. The van der Waals surface area contributed by atoms with Gasteiger partial charge >= 0.3 is 0 Å². The molecule has 0 fully saturated rings. The number of nitrogens with zero attached hydrogens (tertiary/aromatic N) is 4. The summed E-state index contributed by atoms with van der Waals surface area (Å²) in [5.41, 5.74) is 1.70. The fourth-order valence-electron chi connectivity index (χ4n) is 3.51. The van der Waals surface area contributed by atoms with Gasteiger partial charge in [-0.15, -0.1) is 0 Å². The molecule has 10 heteroatoms. The summed E-state index contributed by atoms with van der Waals surface area (Å²) in [6.07, 6.45) is 3.02. The van der Waals surface area contributed by atoms with Crippen molar-refractivity contribution in [2.24, 2.45) is 0 Å². The average Bonchev–Trinajstić information content (AvgIpc) is 3.00. The molecule has 2 aromatic heterocycles. The predicted molar refractivity (Wildman–Crippen MR) is 117 cm³/mol. The van der Waals surface area contributed by atoms with Crippen LogP contribution in [0.4, 0.5) is 23.1 Å². The minimum atomic E-state index is -3.56. The van der Waals surface area contributed by atoms with Crippen molar-refractivity contribution in [2.45, 2.75) is 24.2 Å². The van der Waals surface area contributed by atoms with Crippen LogP contribution in [0.3, 0.4) is 0 Å². The van der Waals surface area contributed by atoms with Gasteiger partial charge in [-0.1, -0.05) is 31.5 Å². The number of hydrogen-bond donors (Lipinski definition) is 2. The lowest BCUT2D eigenvalue weighted by Gasteiger charge is -2.22. The van der Waals surface area contributed by atoms with Crippen molar-refractivity contribution in [1.29, 1.82) is 0 Å². The number of nitrogens with one attached hydrogen (secondary N) is 2. The van der Waals surface area contributed by atoms with E-state index in [9.17, 15) is 8.42 Å². The molecule has 1 aliphatic rings. The van der Waals surface area contributed by atoms with Crippen molar-refractivity contribution in [2.75, 3.05) is 23.8 Å². The lowest BCUT2D eigenvalue weighted by Crippen LogP contribution is -2.25. The molecule has 0 aliphatic carbocycles. The first-order chi connectivity index (χ1) is 14.2. The third-order valence-electron chi connectivity index (χ3n) is 5.03. The first-order valence-electron chi connectivity index (χ1n) is 9.26. The summed E-state index contributed by atoms with van der Waals surface area (Å²) in [4.78, 5) is 15.1. The van der Waals surface area contributed by atoms with Crippen molar-refractivity contribution >= 4 is 44.8 Å². The molecule has 3 heterocycles. The van der Waals surface area contributed by atoms with Gasteiger partial charge in [-0.2, -0.15) is 0 Å². The quantitative estimate of drug-likeness (QED) is 0.620. The molecule has 0 atom stereocenters. The van der Waals surface area contributed by atoms with Crippen LogP contribution in [0.25, 0.3) is 0 Å². The van der Waals surface area contributed by atoms with E-state index in [1.54, 1.807) is 36.5 Å². The number of anilines is 4. The van der Waals surface area contributed by atoms with Crippen LogP contribution < -0.4 is 14.9 Å². The van der Waals surface area contributed by atoms with E-state index in [0.717, 1.165) is 11.3 Å². The van der Waals surface area contributed by atoms with Gasteiger partial charge in [0.25, 0.3) is 0 Å². The van der Waals surface area contributed by atoms with Gasteiger partial charge < -0.3 is 10.2 Å². The monoisotopic (exact) mass is 444 g/mol. The van der Waals surface area contributed by atoms with Crippen LogP contribution in [0.2, 0.25) is 5.02 Å². The minimum absolute atomic E-state index is 0.173. The van der Waals surface area contributed by atoms with Crippen molar-refractivity contribution in [1.82, 2.24) is 19.7 Å². The number of sulfonamides is 1. The summed E-state index contributed by atoms with van der Waals surface area (Å²) >= 11 is 5.89. The maximum Gasteiger partial charge on any atom is 0.240 e. The third kappa shape index (κ3) is 3.83. The van der Waals surface area contributed by atoms with E-state index < -0.39 is 10.0 Å². The van der Waals surface area contributed by atoms with Gasteiger partial charge in [0, 0.05) is 29.9 Å². The second kappa shape index (κ2) is 7.50. The number of benzene rings is 1. The van der Waals surface area contributed by atoms with Crippen LogP contribution in [0.1, 0.15) is 19.4 Å². The Morgan fingerprint density at radius 2 is 1.87 bits per heavy atom. The molecule has 0 saturated heterocycles. The first-order valence-corrected chi connectivity index (χ1v) is 11.1. The Kier molecular flexibility index (Phi) is 5.13. The van der Waals surface area contributed by atoms with Crippen molar-refractivity contribution in [3.05, 3.63) is 59.5 Å². The topological polar surface area (TPSA) is 100 Å². The summed E-state index contributed by atoms with van der Waals surface area (Å²) in [5.74, 6) is 1.83. The molecule has 3 aromatic rings. The highest BCUT2D eigenvalue weighted by Crippen LogP contribution is 2.44. The van der Waals surface area contributed by atoms with Gasteiger partial charge in [0.05, 0.1) is 9.92 Å². The van der Waals surface area contributed by atoms with Gasteiger partial charge in [0.2, 0.25) is 10.0 Å². The Morgan fingerprint density at radius 3 is 2.57 bits per heavy atom. The lowest BCUT2D eigenvalue weighted by atomic mass is 9.87. The van der Waals surface area contributed by atoms with E-state index in [4.69, 9.17) is 11.6 Å². The van der Waals surface area contributed by atoms with Crippen molar-refractivity contribution < 1.29 is 8.42 Å². The Hall–Kier alpha value is -2.75. The van der Waals surface area contributed by atoms with Crippen LogP contribution in [-0.4, -0.2) is 37.0 Å². The van der Waals surface area contributed by atoms with E-state index >= 15 is 0 Å². The van der Waals surface area contributed by atoms with Gasteiger partial charge in [0.1, 0.15) is 23.8 Å². The lowest BCUT2D eigenvalue weighted by molar-refractivity contribution is 0.567. The van der Waals surface area contributed by atoms with Crippen LogP contribution >= 0.6 is 11.6 Å². The van der Waals surface area contributed by atoms with Crippen LogP contribution in [0.5, 0.6) is 0 Å². The summed E-state index contributed by atoms with van der Waals surface area (Å²) in [6, 6.07) is 10.5. The standard InChI is InChI=1S/C20H21ClN6O2S/c1-20(2)11-27(16-8-14(5-6-15(16)20)30(28,29)22-3)19-9-18(24-12-25-19)26-17-7-4-13(21)10-23-17/h4-10,12,22H,11H2,1-3H3,(H,23,24,25,26). The van der Waals surface area contributed by atoms with E-state index in [0.29, 0.717) is 29.0 Å². The molecular weight excluding hydrogens is 424 g/mol. The Balaban J connectivity index is 1.72. The molecular formula is C20H21ClN6O2S.